The van der Waals surface area contributed by atoms with Crippen molar-refractivity contribution in [3.8, 4) is 0 Å². The molecule has 128 valence electrons. The highest BCUT2D eigenvalue weighted by atomic mass is 79.9. The molecule has 7 heteroatoms. The van der Waals surface area contributed by atoms with Gasteiger partial charge in [0.2, 0.25) is 5.91 Å². The maximum Gasteiger partial charge on any atom is 0.261 e. The molecule has 1 aliphatic heterocycles. The SMILES string of the molecule is Cc1ccc2c(c1)C(=O)N(CCC(=O)Nc1ccc(Br)cc1F)C2=O. The van der Waals surface area contributed by atoms with Crippen molar-refractivity contribution in [3.05, 3.63) is 63.4 Å². The number of halogens is 2. The fourth-order valence-electron chi connectivity index (χ4n) is 2.62. The summed E-state index contributed by atoms with van der Waals surface area (Å²) in [6, 6.07) is 9.31. The van der Waals surface area contributed by atoms with E-state index < -0.39 is 23.5 Å². The Morgan fingerprint density at radius 1 is 1.12 bits per heavy atom. The first-order valence-corrected chi connectivity index (χ1v) is 8.38. The lowest BCUT2D eigenvalue weighted by Crippen LogP contribution is -2.33. The monoisotopic (exact) mass is 404 g/mol. The predicted molar refractivity (Wildman–Crippen MR) is 93.9 cm³/mol. The van der Waals surface area contributed by atoms with Gasteiger partial charge in [-0.15, -0.1) is 0 Å². The minimum atomic E-state index is -0.570. The maximum atomic E-state index is 13.7. The lowest BCUT2D eigenvalue weighted by atomic mass is 10.1. The molecule has 0 bridgehead atoms. The summed E-state index contributed by atoms with van der Waals surface area (Å²) in [5, 5.41) is 2.44. The van der Waals surface area contributed by atoms with E-state index in [-0.39, 0.29) is 18.7 Å². The van der Waals surface area contributed by atoms with E-state index >= 15 is 0 Å². The molecule has 0 atom stereocenters. The van der Waals surface area contributed by atoms with Gasteiger partial charge in [-0.1, -0.05) is 27.6 Å². The summed E-state index contributed by atoms with van der Waals surface area (Å²) in [7, 11) is 0. The summed E-state index contributed by atoms with van der Waals surface area (Å²) < 4.78 is 14.3. The molecular formula is C18H14BrFN2O3. The fourth-order valence-corrected chi connectivity index (χ4v) is 2.96. The topological polar surface area (TPSA) is 66.5 Å². The Balaban J connectivity index is 1.65. The average Bonchev–Trinajstić information content (AvgIpc) is 2.79. The van der Waals surface area contributed by atoms with Crippen molar-refractivity contribution in [1.29, 1.82) is 0 Å². The summed E-state index contributed by atoms with van der Waals surface area (Å²) in [5.74, 6) is -1.87. The Morgan fingerprint density at radius 2 is 1.84 bits per heavy atom. The summed E-state index contributed by atoms with van der Waals surface area (Å²) in [4.78, 5) is 37.7. The number of anilines is 1. The molecule has 0 unspecified atom stereocenters. The zero-order valence-corrected chi connectivity index (χ0v) is 14.9. The normalized spacial score (nSPS) is 13.2. The van der Waals surface area contributed by atoms with E-state index in [9.17, 15) is 18.8 Å². The number of carbonyl (C=O) groups excluding carboxylic acids is 3. The van der Waals surface area contributed by atoms with Crippen LogP contribution in [0.4, 0.5) is 10.1 Å². The van der Waals surface area contributed by atoms with E-state index in [1.807, 2.05) is 6.92 Å². The first kappa shape index (κ1) is 17.3. The number of amides is 3. The van der Waals surface area contributed by atoms with Gasteiger partial charge in [0.15, 0.2) is 0 Å². The Kier molecular flexibility index (Phi) is 4.67. The largest absolute Gasteiger partial charge is 0.324 e. The van der Waals surface area contributed by atoms with Crippen molar-refractivity contribution in [2.45, 2.75) is 13.3 Å². The lowest BCUT2D eigenvalue weighted by Gasteiger charge is -2.13. The van der Waals surface area contributed by atoms with Crippen molar-refractivity contribution >= 4 is 39.3 Å². The van der Waals surface area contributed by atoms with Gasteiger partial charge >= 0.3 is 0 Å². The summed E-state index contributed by atoms with van der Waals surface area (Å²) in [6.45, 7) is 1.77. The van der Waals surface area contributed by atoms with Gasteiger partial charge in [-0.2, -0.15) is 0 Å². The molecule has 2 aromatic rings. The Labute approximate surface area is 151 Å². The first-order chi connectivity index (χ1) is 11.9. The van der Waals surface area contributed by atoms with E-state index in [0.717, 1.165) is 10.5 Å². The third-order valence-corrected chi connectivity index (χ3v) is 4.39. The molecule has 5 nitrogen and oxygen atoms in total. The van der Waals surface area contributed by atoms with Crippen molar-refractivity contribution in [2.24, 2.45) is 0 Å². The van der Waals surface area contributed by atoms with Crippen molar-refractivity contribution in [2.75, 3.05) is 11.9 Å². The van der Waals surface area contributed by atoms with E-state index in [4.69, 9.17) is 0 Å². The number of imide groups is 1. The number of nitrogens with zero attached hydrogens (tertiary/aromatic N) is 1. The van der Waals surface area contributed by atoms with Crippen LogP contribution in [0.2, 0.25) is 0 Å². The standard InChI is InChI=1S/C18H14BrFN2O3/c1-10-2-4-12-13(8-10)18(25)22(17(12)24)7-6-16(23)21-15-5-3-11(19)9-14(15)20/h2-5,8-9H,6-7H2,1H3,(H,21,23). The van der Waals surface area contributed by atoms with Gasteiger partial charge in [-0.3, -0.25) is 19.3 Å². The van der Waals surface area contributed by atoms with Gasteiger partial charge in [0.1, 0.15) is 5.82 Å². The van der Waals surface area contributed by atoms with Gasteiger partial charge in [0.25, 0.3) is 11.8 Å². The van der Waals surface area contributed by atoms with Crippen molar-refractivity contribution in [1.82, 2.24) is 4.90 Å². The molecule has 0 saturated heterocycles. The second-order valence-corrected chi connectivity index (χ2v) is 6.65. The molecule has 0 radical (unpaired) electrons. The smallest absolute Gasteiger partial charge is 0.261 e. The van der Waals surface area contributed by atoms with Crippen LogP contribution < -0.4 is 5.32 Å². The second-order valence-electron chi connectivity index (χ2n) is 5.73. The molecule has 1 N–H and O–H groups in total. The molecule has 0 saturated carbocycles. The van der Waals surface area contributed by atoms with Crippen LogP contribution in [0.25, 0.3) is 0 Å². The Bertz CT molecular complexity index is 898. The maximum absolute atomic E-state index is 13.7. The predicted octanol–water partition coefficient (Wildman–Crippen LogP) is 3.52. The molecule has 0 spiro atoms. The quantitative estimate of drug-likeness (QED) is 0.792. The van der Waals surface area contributed by atoms with Gasteiger partial charge in [0, 0.05) is 17.4 Å². The minimum Gasteiger partial charge on any atom is -0.324 e. The number of hydrogen-bond acceptors (Lipinski definition) is 3. The third kappa shape index (κ3) is 3.46. The lowest BCUT2D eigenvalue weighted by molar-refractivity contribution is -0.116. The van der Waals surface area contributed by atoms with Gasteiger partial charge in [-0.05, 0) is 37.3 Å². The highest BCUT2D eigenvalue weighted by Gasteiger charge is 2.35. The second kappa shape index (κ2) is 6.76. The highest BCUT2D eigenvalue weighted by Crippen LogP contribution is 2.24. The third-order valence-electron chi connectivity index (χ3n) is 3.89. The van der Waals surface area contributed by atoms with Crippen LogP contribution in [-0.2, 0) is 4.79 Å². The molecule has 1 aliphatic rings. The van der Waals surface area contributed by atoms with E-state index in [2.05, 4.69) is 21.2 Å². The number of rotatable bonds is 4. The molecule has 3 amide bonds. The average molecular weight is 405 g/mol. The number of hydrogen-bond donors (Lipinski definition) is 1. The number of fused-ring (bicyclic) bond motifs is 1. The number of carbonyl (C=O) groups is 3. The van der Waals surface area contributed by atoms with E-state index in [0.29, 0.717) is 15.6 Å². The van der Waals surface area contributed by atoms with Crippen LogP contribution in [-0.4, -0.2) is 29.2 Å². The van der Waals surface area contributed by atoms with Crippen LogP contribution >= 0.6 is 15.9 Å². The molecule has 2 aromatic carbocycles. The molecule has 0 aliphatic carbocycles. The molecule has 3 rings (SSSR count). The Hall–Kier alpha value is -2.54. The Morgan fingerprint density at radius 3 is 2.56 bits per heavy atom. The van der Waals surface area contributed by atoms with Crippen LogP contribution in [0.15, 0.2) is 40.9 Å². The van der Waals surface area contributed by atoms with Crippen molar-refractivity contribution < 1.29 is 18.8 Å². The molecular weight excluding hydrogens is 391 g/mol. The van der Waals surface area contributed by atoms with Crippen LogP contribution in [0, 0.1) is 12.7 Å². The number of benzene rings is 2. The van der Waals surface area contributed by atoms with E-state index in [1.165, 1.54) is 12.1 Å². The van der Waals surface area contributed by atoms with Gasteiger partial charge in [-0.25, -0.2) is 4.39 Å². The zero-order chi connectivity index (χ0) is 18.1. The molecule has 0 aromatic heterocycles. The summed E-state index contributed by atoms with van der Waals surface area (Å²) in [6.07, 6.45) is -0.111. The van der Waals surface area contributed by atoms with Gasteiger partial charge < -0.3 is 5.32 Å². The number of aryl methyl sites for hydroxylation is 1. The molecule has 0 fully saturated rings. The molecule has 1 heterocycles. The van der Waals surface area contributed by atoms with Crippen LogP contribution in [0.5, 0.6) is 0 Å². The fraction of sp³-hybridized carbons (Fsp3) is 0.167. The van der Waals surface area contributed by atoms with E-state index in [1.54, 1.807) is 24.3 Å². The highest BCUT2D eigenvalue weighted by molar-refractivity contribution is 9.10. The van der Waals surface area contributed by atoms with Crippen LogP contribution in [0.1, 0.15) is 32.7 Å². The minimum absolute atomic E-state index is 0.0474. The first-order valence-electron chi connectivity index (χ1n) is 7.58. The zero-order valence-electron chi connectivity index (χ0n) is 13.3. The number of nitrogens with one attached hydrogen (secondary N) is 1. The van der Waals surface area contributed by atoms with Crippen molar-refractivity contribution in [3.63, 3.8) is 0 Å². The summed E-state index contributed by atoms with van der Waals surface area (Å²) >= 11 is 3.14. The molecule has 25 heavy (non-hydrogen) atoms. The van der Waals surface area contributed by atoms with Gasteiger partial charge in [0.05, 0.1) is 16.8 Å². The summed E-state index contributed by atoms with van der Waals surface area (Å²) in [5.41, 5.74) is 1.62. The van der Waals surface area contributed by atoms with Crippen LogP contribution in [0.3, 0.4) is 0 Å².